The van der Waals surface area contributed by atoms with Crippen molar-refractivity contribution >= 4 is 17.9 Å². The van der Waals surface area contributed by atoms with Gasteiger partial charge in [-0.2, -0.15) is 0 Å². The zero-order valence-corrected chi connectivity index (χ0v) is 69.2. The summed E-state index contributed by atoms with van der Waals surface area (Å²) >= 11 is 0. The number of carboxylic acid groups (broad SMARTS) is 1. The molecule has 0 rings (SSSR count). The van der Waals surface area contributed by atoms with Gasteiger partial charge in [0, 0.05) is 12.8 Å². The lowest BCUT2D eigenvalue weighted by molar-refractivity contribution is -0.870. The summed E-state index contributed by atoms with van der Waals surface area (Å²) in [6, 6.07) is 0. The van der Waals surface area contributed by atoms with Crippen LogP contribution in [0.3, 0.4) is 0 Å². The maximum atomic E-state index is 13.0. The first-order chi connectivity index (χ1) is 52.6. The van der Waals surface area contributed by atoms with Crippen LogP contribution < -0.4 is 0 Å². The third-order valence-electron chi connectivity index (χ3n) is 18.0. The number of hydrogen-bond donors (Lipinski definition) is 1. The van der Waals surface area contributed by atoms with Crippen LogP contribution in [-0.2, 0) is 33.3 Å². The van der Waals surface area contributed by atoms with Gasteiger partial charge < -0.3 is 28.5 Å². The molecular weight excluding hydrogens is 1320 g/mol. The molecule has 9 nitrogen and oxygen atoms in total. The minimum absolute atomic E-state index is 0.178. The van der Waals surface area contributed by atoms with Gasteiger partial charge in [0.05, 0.1) is 34.4 Å². The van der Waals surface area contributed by atoms with E-state index in [1.165, 1.54) is 148 Å². The number of hydrogen-bond acceptors (Lipinski definition) is 7. The second-order valence-corrected chi connectivity index (χ2v) is 29.4. The number of carbonyl (C=O) groups excluding carboxylic acids is 2. The molecule has 604 valence electrons. The van der Waals surface area contributed by atoms with Gasteiger partial charge >= 0.3 is 17.9 Å². The largest absolute Gasteiger partial charge is 0.477 e. The molecule has 0 heterocycles. The fourth-order valence-corrected chi connectivity index (χ4v) is 11.6. The number of nitrogens with zero attached hydrogens (tertiary/aromatic N) is 1. The molecule has 0 fully saturated rings. The highest BCUT2D eigenvalue weighted by molar-refractivity contribution is 5.71. The molecule has 0 saturated carbocycles. The van der Waals surface area contributed by atoms with Crippen molar-refractivity contribution < 1.29 is 42.9 Å². The molecule has 2 atom stereocenters. The molecule has 0 spiro atoms. The maximum Gasteiger partial charge on any atom is 0.361 e. The molecule has 2 unspecified atom stereocenters. The minimum atomic E-state index is -1.53. The highest BCUT2D eigenvalue weighted by atomic mass is 16.7. The molecule has 0 bridgehead atoms. The van der Waals surface area contributed by atoms with E-state index in [0.717, 1.165) is 154 Å². The Bertz CT molecular complexity index is 2530. The average Bonchev–Trinajstić information content (AvgIpc) is 0.965. The van der Waals surface area contributed by atoms with Gasteiger partial charge in [0.2, 0.25) is 0 Å². The fraction of sp³-hybridized carbons (Fsp3) is 0.622. The summed E-state index contributed by atoms with van der Waals surface area (Å²) < 4.78 is 23.0. The van der Waals surface area contributed by atoms with Crippen molar-refractivity contribution in [2.24, 2.45) is 0 Å². The predicted octanol–water partition coefficient (Wildman–Crippen LogP) is 28.6. The van der Waals surface area contributed by atoms with Gasteiger partial charge in [-0.05, 0) is 148 Å². The highest BCUT2D eigenvalue weighted by Crippen LogP contribution is 2.18. The Morgan fingerprint density at radius 1 is 0.280 bits per heavy atom. The number of rotatable bonds is 78. The number of quaternary nitrogens is 1. The lowest BCUT2D eigenvalue weighted by Crippen LogP contribution is -2.40. The number of unbranched alkanes of at least 4 members (excludes halogenated alkanes) is 29. The van der Waals surface area contributed by atoms with Crippen LogP contribution >= 0.6 is 0 Å². The third kappa shape index (κ3) is 87.0. The summed E-state index contributed by atoms with van der Waals surface area (Å²) in [6.07, 6.45) is 130. The molecule has 9 heteroatoms. The van der Waals surface area contributed by atoms with Crippen LogP contribution in [0.5, 0.6) is 0 Å². The lowest BCUT2D eigenvalue weighted by Gasteiger charge is -2.25. The Labute approximate surface area is 658 Å². The molecule has 0 aromatic carbocycles. The quantitative estimate of drug-likeness (QED) is 0.0211. The number of likely N-dealkylation sites (N-methyl/N-ethyl adjacent to an activating group) is 1. The van der Waals surface area contributed by atoms with Crippen molar-refractivity contribution in [1.82, 2.24) is 0 Å². The van der Waals surface area contributed by atoms with E-state index in [1.807, 2.05) is 21.1 Å². The Balaban J connectivity index is 4.07. The van der Waals surface area contributed by atoms with Gasteiger partial charge in [-0.25, -0.2) is 4.79 Å². The second kappa shape index (κ2) is 85.5. The Morgan fingerprint density at radius 2 is 0.505 bits per heavy atom. The van der Waals surface area contributed by atoms with Crippen molar-refractivity contribution in [1.29, 1.82) is 0 Å². The van der Waals surface area contributed by atoms with Crippen LogP contribution in [0.1, 0.15) is 335 Å². The first-order valence-corrected chi connectivity index (χ1v) is 43.2. The Morgan fingerprint density at radius 3 is 0.748 bits per heavy atom. The van der Waals surface area contributed by atoms with Gasteiger partial charge in [0.1, 0.15) is 13.2 Å². The van der Waals surface area contributed by atoms with Crippen LogP contribution in [0, 0.1) is 0 Å². The monoisotopic (exact) mass is 1480 g/mol. The maximum absolute atomic E-state index is 13.0. The fourth-order valence-electron chi connectivity index (χ4n) is 11.6. The van der Waals surface area contributed by atoms with Crippen molar-refractivity contribution in [3.05, 3.63) is 207 Å². The van der Waals surface area contributed by atoms with E-state index in [-0.39, 0.29) is 32.2 Å². The normalized spacial score (nSPS) is 13.7. The number of ether oxygens (including phenoxy) is 4. The molecule has 0 amide bonds. The Hall–Kier alpha value is -6.13. The molecular formula is C98H160NO8+. The molecule has 0 radical (unpaired) electrons. The van der Waals surface area contributed by atoms with Crippen molar-refractivity contribution in [3.8, 4) is 0 Å². The van der Waals surface area contributed by atoms with Crippen LogP contribution in [0.4, 0.5) is 0 Å². The number of esters is 2. The van der Waals surface area contributed by atoms with Gasteiger partial charge in [-0.15, -0.1) is 0 Å². The van der Waals surface area contributed by atoms with E-state index < -0.39 is 24.3 Å². The van der Waals surface area contributed by atoms with E-state index >= 15 is 0 Å². The number of allylic oxidation sites excluding steroid dienone is 34. The topological polar surface area (TPSA) is 108 Å². The van der Waals surface area contributed by atoms with Gasteiger partial charge in [0.25, 0.3) is 6.29 Å². The first kappa shape index (κ1) is 101. The average molecular weight is 1480 g/mol. The van der Waals surface area contributed by atoms with E-state index in [0.29, 0.717) is 23.9 Å². The van der Waals surface area contributed by atoms with E-state index in [2.05, 4.69) is 220 Å². The second-order valence-electron chi connectivity index (χ2n) is 29.4. The number of aliphatic carboxylic acids is 1. The van der Waals surface area contributed by atoms with Gasteiger partial charge in [-0.3, -0.25) is 9.59 Å². The smallest absolute Gasteiger partial charge is 0.361 e. The van der Waals surface area contributed by atoms with E-state index in [1.54, 1.807) is 0 Å². The molecule has 0 aromatic heterocycles. The van der Waals surface area contributed by atoms with Gasteiger partial charge in [0.15, 0.2) is 6.10 Å². The van der Waals surface area contributed by atoms with E-state index in [9.17, 15) is 19.5 Å². The predicted molar refractivity (Wildman–Crippen MR) is 465 cm³/mol. The molecule has 0 aliphatic rings. The first-order valence-electron chi connectivity index (χ1n) is 43.2. The van der Waals surface area contributed by atoms with Crippen LogP contribution in [0.25, 0.3) is 0 Å². The standard InChI is InChI=1S/C98H159NO8/c1-6-8-10-12-14-16-18-20-22-24-26-28-30-32-34-36-38-40-42-44-46-48-50-52-54-56-58-60-62-64-66-68-70-72-74-76-78-80-82-84-86-88-95(100)105-92-94(93-106-98(97(102)103)104-91-90-99(3,4)5)107-96(101)89-87-85-83-81-79-77-75-73-71-69-67-65-63-61-59-57-55-53-51-49-47-45-43-41-39-37-35-33-31-29-27-25-23-21-19-17-15-13-11-9-7-2/h8-11,14-17,20-23,26-29,32-35,38-41,45,47,51,53,57,59,63,65,69,71,94,98H,6-7,12-13,18-19,24-25,30-31,36-37,42-44,46,48-50,52,54-56,58,60-62,64,66-68,70,72-93H2,1-5H3/p+1/b10-8-,11-9-,16-14-,17-15-,22-20-,23-21-,28-26-,29-27-,34-32-,35-33-,40-38-,41-39-,47-45-,53-51-,59-57-,65-63-,71-69-. The molecule has 0 aliphatic carbocycles. The highest BCUT2D eigenvalue weighted by Gasteiger charge is 2.25. The SMILES string of the molecule is CC/C=C\C/C=C\C/C=C\C/C=C\C/C=C\C/C=C\C/C=C\C/C=C\C/C=C\C/C=C\C/C=C\CCCCCCCCCC(=O)OC(COC(=O)CCCCCCCCCCCCCCCCCCCCCCCC/C=C\C/C=C\C/C=C\C/C=C\C/C=C\C/C=C\CC)COC(OCC[N+](C)(C)C)C(=O)O. The number of carboxylic acids is 1. The van der Waals surface area contributed by atoms with Crippen molar-refractivity contribution in [2.45, 2.75) is 347 Å². The van der Waals surface area contributed by atoms with E-state index in [4.69, 9.17) is 18.9 Å². The van der Waals surface area contributed by atoms with Crippen LogP contribution in [0.15, 0.2) is 207 Å². The summed E-state index contributed by atoms with van der Waals surface area (Å²) in [6.45, 7) is 4.64. The molecule has 1 N–H and O–H groups in total. The van der Waals surface area contributed by atoms with Crippen LogP contribution in [0.2, 0.25) is 0 Å². The molecule has 0 saturated heterocycles. The number of carbonyl (C=O) groups is 3. The summed E-state index contributed by atoms with van der Waals surface area (Å²) in [5, 5.41) is 9.79. The molecule has 0 aromatic rings. The summed E-state index contributed by atoms with van der Waals surface area (Å²) in [4.78, 5) is 37.8. The third-order valence-corrected chi connectivity index (χ3v) is 18.0. The zero-order chi connectivity index (χ0) is 77.4. The molecule has 0 aliphatic heterocycles. The summed E-state index contributed by atoms with van der Waals surface area (Å²) in [7, 11) is 5.98. The molecule has 107 heavy (non-hydrogen) atoms. The van der Waals surface area contributed by atoms with Crippen molar-refractivity contribution in [3.63, 3.8) is 0 Å². The minimum Gasteiger partial charge on any atom is -0.477 e. The van der Waals surface area contributed by atoms with Gasteiger partial charge in [-0.1, -0.05) is 381 Å². The summed E-state index contributed by atoms with van der Waals surface area (Å²) in [5.41, 5.74) is 0. The van der Waals surface area contributed by atoms with Crippen molar-refractivity contribution in [2.75, 3.05) is 47.5 Å². The Kier molecular flexibility index (Phi) is 80.6. The summed E-state index contributed by atoms with van der Waals surface area (Å²) in [5.74, 6) is -2.02. The zero-order valence-electron chi connectivity index (χ0n) is 69.2. The lowest BCUT2D eigenvalue weighted by atomic mass is 10.0. The van der Waals surface area contributed by atoms with Crippen LogP contribution in [-0.4, -0.2) is 87.4 Å².